The summed E-state index contributed by atoms with van der Waals surface area (Å²) in [5.74, 6) is -0.0243. The number of nitrogens with zero attached hydrogens (tertiary/aromatic N) is 1. The van der Waals surface area contributed by atoms with Gasteiger partial charge in [-0.25, -0.2) is 4.39 Å². The first-order valence-electron chi connectivity index (χ1n) is 5.89. The van der Waals surface area contributed by atoms with Crippen LogP contribution in [0, 0.1) is 11.7 Å². The quantitative estimate of drug-likeness (QED) is 0.793. The summed E-state index contributed by atoms with van der Waals surface area (Å²) in [5.41, 5.74) is 0.779. The highest BCUT2D eigenvalue weighted by Crippen LogP contribution is 2.18. The van der Waals surface area contributed by atoms with Crippen LogP contribution in [-0.4, -0.2) is 10.4 Å². The summed E-state index contributed by atoms with van der Waals surface area (Å²) in [6.45, 7) is 4.24. The minimum atomic E-state index is -0.270. The number of rotatable bonds is 4. The van der Waals surface area contributed by atoms with E-state index in [0.717, 1.165) is 17.3 Å². The minimum Gasteiger partial charge on any atom is -0.340 e. The van der Waals surface area contributed by atoms with E-state index in [4.69, 9.17) is 0 Å². The molecule has 0 bridgehead atoms. The summed E-state index contributed by atoms with van der Waals surface area (Å²) in [4.78, 5) is 11.9. The number of carbonyl (C=O) groups is 1. The van der Waals surface area contributed by atoms with Crippen LogP contribution in [0.2, 0.25) is 0 Å². The van der Waals surface area contributed by atoms with Gasteiger partial charge in [-0.3, -0.25) is 4.79 Å². The van der Waals surface area contributed by atoms with Gasteiger partial charge in [0.2, 0.25) is 0 Å². The zero-order valence-corrected chi connectivity index (χ0v) is 10.1. The van der Waals surface area contributed by atoms with Gasteiger partial charge in [-0.2, -0.15) is 0 Å². The average Bonchev–Trinajstić information content (AvgIpc) is 2.71. The molecule has 1 aromatic carbocycles. The van der Waals surface area contributed by atoms with Crippen LogP contribution < -0.4 is 0 Å². The van der Waals surface area contributed by atoms with Gasteiger partial charge in [0.1, 0.15) is 5.82 Å². The van der Waals surface area contributed by atoms with Gasteiger partial charge in [-0.15, -0.1) is 0 Å². The second kappa shape index (κ2) is 4.70. The number of halogens is 1. The van der Waals surface area contributed by atoms with Crippen LogP contribution in [0.4, 0.5) is 4.39 Å². The van der Waals surface area contributed by atoms with E-state index in [1.807, 2.05) is 30.7 Å². The summed E-state index contributed by atoms with van der Waals surface area (Å²) in [5, 5.41) is 0.961. The zero-order chi connectivity index (χ0) is 12.4. The van der Waals surface area contributed by atoms with Gasteiger partial charge in [0, 0.05) is 12.1 Å². The predicted molar refractivity (Wildman–Crippen MR) is 66.4 cm³/mol. The minimum absolute atomic E-state index is 0.0565. The predicted octanol–water partition coefficient (Wildman–Crippen LogP) is 3.40. The molecule has 2 nitrogen and oxygen atoms in total. The Bertz CT molecular complexity index is 544. The fourth-order valence-electron chi connectivity index (χ4n) is 1.85. The first kappa shape index (κ1) is 11.8. The van der Waals surface area contributed by atoms with Crippen LogP contribution >= 0.6 is 0 Å². The number of Topliss-reactive ketones (excluding diaryl/α,β-unsaturated/α-hetero) is 1. The SMILES string of the molecule is CCC(C)C(=O)Cn1ccc2ccc(F)cc21. The highest BCUT2D eigenvalue weighted by atomic mass is 19.1. The van der Waals surface area contributed by atoms with Crippen molar-refractivity contribution < 1.29 is 9.18 Å². The number of carbonyl (C=O) groups excluding carboxylic acids is 1. The first-order chi connectivity index (χ1) is 8.11. The lowest BCUT2D eigenvalue weighted by atomic mass is 10.0. The van der Waals surface area contributed by atoms with Crippen molar-refractivity contribution in [1.82, 2.24) is 4.57 Å². The van der Waals surface area contributed by atoms with Crippen molar-refractivity contribution >= 4 is 16.7 Å². The molecule has 0 saturated heterocycles. The normalized spacial score (nSPS) is 12.9. The third-order valence-corrected chi connectivity index (χ3v) is 3.22. The molecule has 2 rings (SSSR count). The number of ketones is 1. The highest BCUT2D eigenvalue weighted by molar-refractivity contribution is 5.85. The van der Waals surface area contributed by atoms with E-state index in [1.54, 1.807) is 6.07 Å². The Morgan fingerprint density at radius 2 is 2.18 bits per heavy atom. The van der Waals surface area contributed by atoms with Crippen LogP contribution in [0.25, 0.3) is 10.9 Å². The topological polar surface area (TPSA) is 22.0 Å². The van der Waals surface area contributed by atoms with E-state index in [9.17, 15) is 9.18 Å². The van der Waals surface area contributed by atoms with Gasteiger partial charge in [0.25, 0.3) is 0 Å². The molecule has 17 heavy (non-hydrogen) atoms. The Labute approximate surface area is 100 Å². The molecule has 1 unspecified atom stereocenters. The van der Waals surface area contributed by atoms with E-state index >= 15 is 0 Å². The fraction of sp³-hybridized carbons (Fsp3) is 0.357. The number of aromatic nitrogens is 1. The zero-order valence-electron chi connectivity index (χ0n) is 10.1. The maximum Gasteiger partial charge on any atom is 0.155 e. The number of fused-ring (bicyclic) bond motifs is 1. The first-order valence-corrected chi connectivity index (χ1v) is 5.89. The molecule has 90 valence electrons. The van der Waals surface area contributed by atoms with Gasteiger partial charge < -0.3 is 4.57 Å². The lowest BCUT2D eigenvalue weighted by molar-refractivity contribution is -0.122. The largest absolute Gasteiger partial charge is 0.340 e. The average molecular weight is 233 g/mol. The summed E-state index contributed by atoms with van der Waals surface area (Å²) in [6, 6.07) is 6.54. The number of hydrogen-bond acceptors (Lipinski definition) is 1. The molecule has 0 aliphatic carbocycles. The molecule has 0 spiro atoms. The van der Waals surface area contributed by atoms with Crippen molar-refractivity contribution in [2.45, 2.75) is 26.8 Å². The van der Waals surface area contributed by atoms with Crippen molar-refractivity contribution in [2.24, 2.45) is 5.92 Å². The van der Waals surface area contributed by atoms with Crippen LogP contribution in [0.3, 0.4) is 0 Å². The second-order valence-electron chi connectivity index (χ2n) is 4.42. The molecule has 0 amide bonds. The molecule has 0 aliphatic rings. The lowest BCUT2D eigenvalue weighted by Crippen LogP contribution is -2.16. The van der Waals surface area contributed by atoms with E-state index in [-0.39, 0.29) is 17.5 Å². The van der Waals surface area contributed by atoms with Crippen molar-refractivity contribution in [1.29, 1.82) is 0 Å². The van der Waals surface area contributed by atoms with E-state index in [2.05, 4.69) is 0 Å². The van der Waals surface area contributed by atoms with Crippen molar-refractivity contribution in [3.8, 4) is 0 Å². The molecule has 0 fully saturated rings. The van der Waals surface area contributed by atoms with Crippen molar-refractivity contribution in [2.75, 3.05) is 0 Å². The Morgan fingerprint density at radius 3 is 2.88 bits per heavy atom. The van der Waals surface area contributed by atoms with Crippen LogP contribution in [0.15, 0.2) is 30.5 Å². The third-order valence-electron chi connectivity index (χ3n) is 3.22. The van der Waals surface area contributed by atoms with Gasteiger partial charge in [-0.1, -0.05) is 13.8 Å². The molecular formula is C14H16FNO. The summed E-state index contributed by atoms with van der Waals surface area (Å²) in [7, 11) is 0. The van der Waals surface area contributed by atoms with Crippen LogP contribution in [0.5, 0.6) is 0 Å². The molecule has 0 N–H and O–H groups in total. The molecule has 2 aromatic rings. The summed E-state index contributed by atoms with van der Waals surface area (Å²) < 4.78 is 15.0. The molecule has 3 heteroatoms. The van der Waals surface area contributed by atoms with Gasteiger partial charge in [0.05, 0.1) is 12.1 Å². The van der Waals surface area contributed by atoms with Gasteiger partial charge in [-0.05, 0) is 36.1 Å². The summed E-state index contributed by atoms with van der Waals surface area (Å²) in [6.07, 6.45) is 2.68. The molecule has 1 aromatic heterocycles. The molecular weight excluding hydrogens is 217 g/mol. The third kappa shape index (κ3) is 2.38. The van der Waals surface area contributed by atoms with Gasteiger partial charge >= 0.3 is 0 Å². The summed E-state index contributed by atoms with van der Waals surface area (Å²) >= 11 is 0. The number of hydrogen-bond donors (Lipinski definition) is 0. The van der Waals surface area contributed by atoms with E-state index < -0.39 is 0 Å². The van der Waals surface area contributed by atoms with Crippen LogP contribution in [-0.2, 0) is 11.3 Å². The molecule has 1 atom stereocenters. The molecule has 1 heterocycles. The van der Waals surface area contributed by atoms with Crippen LogP contribution in [0.1, 0.15) is 20.3 Å². The Hall–Kier alpha value is -1.64. The smallest absolute Gasteiger partial charge is 0.155 e. The van der Waals surface area contributed by atoms with Crippen molar-refractivity contribution in [3.05, 3.63) is 36.3 Å². The standard InChI is InChI=1S/C14H16FNO/c1-3-10(2)14(17)9-16-7-6-11-4-5-12(15)8-13(11)16/h4-8,10H,3,9H2,1-2H3. The van der Waals surface area contributed by atoms with E-state index in [1.165, 1.54) is 12.1 Å². The molecule has 0 saturated carbocycles. The Morgan fingerprint density at radius 1 is 1.41 bits per heavy atom. The lowest BCUT2D eigenvalue weighted by Gasteiger charge is -2.09. The van der Waals surface area contributed by atoms with Gasteiger partial charge in [0.15, 0.2) is 5.78 Å². The van der Waals surface area contributed by atoms with E-state index in [0.29, 0.717) is 6.54 Å². The van der Waals surface area contributed by atoms with Crippen molar-refractivity contribution in [3.63, 3.8) is 0 Å². The Balaban J connectivity index is 2.30. The second-order valence-corrected chi connectivity index (χ2v) is 4.42. The number of benzene rings is 1. The highest BCUT2D eigenvalue weighted by Gasteiger charge is 2.12. The maximum absolute atomic E-state index is 13.2. The maximum atomic E-state index is 13.2. The Kier molecular flexibility index (Phi) is 3.27. The fourth-order valence-corrected chi connectivity index (χ4v) is 1.85. The molecule has 0 radical (unpaired) electrons. The molecule has 0 aliphatic heterocycles. The monoisotopic (exact) mass is 233 g/mol.